The maximum Gasteiger partial charge on any atom is 0.139 e. The largest absolute Gasteiger partial charge is 0.506 e. The normalized spacial score (nSPS) is 10.2. The van der Waals surface area contributed by atoms with Crippen LogP contribution in [0.4, 0.5) is 0 Å². The molecular weight excluding hydrogens is 200 g/mol. The minimum Gasteiger partial charge on any atom is -0.506 e. The first-order valence-corrected chi connectivity index (χ1v) is 5.26. The summed E-state index contributed by atoms with van der Waals surface area (Å²) in [5.74, 6) is 0.273. The van der Waals surface area contributed by atoms with E-state index in [1.54, 1.807) is 12.1 Å². The van der Waals surface area contributed by atoms with E-state index >= 15 is 0 Å². The highest BCUT2D eigenvalue weighted by Gasteiger charge is 2.05. The molecule has 82 valence electrons. The Kier molecular flexibility index (Phi) is 3.05. The van der Waals surface area contributed by atoms with Crippen molar-refractivity contribution in [1.29, 1.82) is 5.41 Å². The Labute approximate surface area is 94.5 Å². The molecule has 2 N–H and O–H groups in total. The number of aryl methyl sites for hydroxylation is 1. The minimum atomic E-state index is 0.273. The van der Waals surface area contributed by atoms with Crippen LogP contribution in [0.1, 0.15) is 12.1 Å². The fourth-order valence-electron chi connectivity index (χ4n) is 1.74. The first-order valence-electron chi connectivity index (χ1n) is 5.26. The third-order valence-electron chi connectivity index (χ3n) is 2.52. The molecule has 0 aliphatic carbocycles. The monoisotopic (exact) mass is 214 g/mol. The molecule has 0 aliphatic rings. The number of benzene rings is 1. The van der Waals surface area contributed by atoms with Crippen molar-refractivity contribution in [2.75, 3.05) is 0 Å². The highest BCUT2D eigenvalue weighted by molar-refractivity contribution is 5.54. The summed E-state index contributed by atoms with van der Waals surface area (Å²) in [7, 11) is 0. The average Bonchev–Trinajstić information content (AvgIpc) is 2.75. The molecule has 2 aromatic rings. The molecule has 1 aromatic heterocycles. The van der Waals surface area contributed by atoms with E-state index in [4.69, 9.17) is 5.41 Å². The van der Waals surface area contributed by atoms with Gasteiger partial charge in [0, 0.05) is 11.9 Å². The van der Waals surface area contributed by atoms with E-state index < -0.39 is 0 Å². The maximum atomic E-state index is 9.77. The summed E-state index contributed by atoms with van der Waals surface area (Å²) < 4.78 is 1.96. The molecule has 0 bridgehead atoms. The van der Waals surface area contributed by atoms with Gasteiger partial charge >= 0.3 is 0 Å². The lowest BCUT2D eigenvalue weighted by Gasteiger charge is -2.09. The Bertz CT molecular complexity index is 488. The average molecular weight is 214 g/mol. The van der Waals surface area contributed by atoms with Gasteiger partial charge in [0.25, 0.3) is 0 Å². The van der Waals surface area contributed by atoms with Crippen molar-refractivity contribution in [2.45, 2.75) is 12.8 Å². The van der Waals surface area contributed by atoms with E-state index in [-0.39, 0.29) is 5.75 Å². The summed E-state index contributed by atoms with van der Waals surface area (Å²) in [6, 6.07) is 11.2. The number of nitrogens with one attached hydrogen (secondary N) is 1. The van der Waals surface area contributed by atoms with E-state index in [0.717, 1.165) is 24.2 Å². The van der Waals surface area contributed by atoms with Gasteiger partial charge in [-0.1, -0.05) is 12.1 Å². The third-order valence-corrected chi connectivity index (χ3v) is 2.52. The maximum absolute atomic E-state index is 9.77. The molecule has 0 atom stereocenters. The van der Waals surface area contributed by atoms with Gasteiger partial charge in [0.1, 0.15) is 5.75 Å². The summed E-state index contributed by atoms with van der Waals surface area (Å²) in [5.41, 5.74) is 1.89. The molecule has 0 fully saturated rings. The number of rotatable bonds is 4. The second-order valence-corrected chi connectivity index (χ2v) is 3.60. The second-order valence-electron chi connectivity index (χ2n) is 3.60. The van der Waals surface area contributed by atoms with Crippen LogP contribution in [-0.2, 0) is 6.42 Å². The summed E-state index contributed by atoms with van der Waals surface area (Å²) >= 11 is 0. The van der Waals surface area contributed by atoms with Crippen molar-refractivity contribution in [3.05, 3.63) is 48.3 Å². The lowest BCUT2D eigenvalue weighted by molar-refractivity contribution is 0.472. The number of hydrogen-bond acceptors (Lipinski definition) is 2. The number of nitrogens with zero attached hydrogens (tertiary/aromatic N) is 1. The zero-order valence-electron chi connectivity index (χ0n) is 8.93. The topological polar surface area (TPSA) is 49.0 Å². The van der Waals surface area contributed by atoms with Crippen LogP contribution < -0.4 is 0 Å². The summed E-state index contributed by atoms with van der Waals surface area (Å²) in [6.45, 7) is 0. The number of phenolic OH excluding ortho intramolecular Hbond substituents is 1. The van der Waals surface area contributed by atoms with Crippen molar-refractivity contribution in [2.24, 2.45) is 0 Å². The molecular formula is C13H14N2O. The van der Waals surface area contributed by atoms with Crippen molar-refractivity contribution in [1.82, 2.24) is 4.57 Å². The Morgan fingerprint density at radius 1 is 1.19 bits per heavy atom. The molecule has 0 amide bonds. The minimum absolute atomic E-state index is 0.273. The Morgan fingerprint density at radius 3 is 2.75 bits per heavy atom. The van der Waals surface area contributed by atoms with Crippen molar-refractivity contribution in [3.63, 3.8) is 0 Å². The molecule has 0 unspecified atom stereocenters. The van der Waals surface area contributed by atoms with Crippen LogP contribution in [0.25, 0.3) is 5.69 Å². The number of hydrogen-bond donors (Lipinski definition) is 2. The highest BCUT2D eigenvalue weighted by Crippen LogP contribution is 2.23. The van der Waals surface area contributed by atoms with Gasteiger partial charge in [-0.2, -0.15) is 0 Å². The molecule has 2 rings (SSSR count). The summed E-state index contributed by atoms with van der Waals surface area (Å²) in [5, 5.41) is 16.8. The van der Waals surface area contributed by atoms with Gasteiger partial charge in [-0.3, -0.25) is 0 Å². The summed E-state index contributed by atoms with van der Waals surface area (Å²) in [6.07, 6.45) is 4.86. The van der Waals surface area contributed by atoms with E-state index in [1.807, 2.05) is 35.0 Å². The van der Waals surface area contributed by atoms with Gasteiger partial charge in [-0.05, 0) is 43.3 Å². The molecule has 0 saturated heterocycles. The predicted octanol–water partition coefficient (Wildman–Crippen LogP) is 2.77. The molecule has 1 heterocycles. The fourth-order valence-corrected chi connectivity index (χ4v) is 1.74. The lowest BCUT2D eigenvalue weighted by atomic mass is 10.2. The zero-order chi connectivity index (χ0) is 11.4. The molecule has 0 aliphatic heterocycles. The van der Waals surface area contributed by atoms with Crippen LogP contribution in [0, 0.1) is 5.41 Å². The van der Waals surface area contributed by atoms with E-state index in [1.165, 1.54) is 6.21 Å². The third kappa shape index (κ3) is 1.98. The molecule has 0 spiro atoms. The fraction of sp³-hybridized carbons (Fsp3) is 0.154. The molecule has 0 saturated carbocycles. The van der Waals surface area contributed by atoms with Gasteiger partial charge in [0.2, 0.25) is 0 Å². The van der Waals surface area contributed by atoms with Gasteiger partial charge in [-0.25, -0.2) is 0 Å². The van der Waals surface area contributed by atoms with Crippen molar-refractivity contribution in [3.8, 4) is 11.4 Å². The highest BCUT2D eigenvalue weighted by atomic mass is 16.3. The number of aromatic nitrogens is 1. The van der Waals surface area contributed by atoms with Crippen LogP contribution >= 0.6 is 0 Å². The standard InChI is InChI=1S/C13H14N2O/c14-9-3-5-11-6-4-10-15(11)12-7-1-2-8-13(12)16/h1-2,4,6-10,14,16H,3,5H2. The SMILES string of the molecule is N=CCCc1cccn1-c1ccccc1O. The first-order chi connectivity index (χ1) is 7.83. The van der Waals surface area contributed by atoms with Gasteiger partial charge in [0.05, 0.1) is 5.69 Å². The predicted molar refractivity (Wildman–Crippen MR) is 64.5 cm³/mol. The lowest BCUT2D eigenvalue weighted by Crippen LogP contribution is -1.99. The van der Waals surface area contributed by atoms with E-state index in [0.29, 0.717) is 0 Å². The Morgan fingerprint density at radius 2 is 2.00 bits per heavy atom. The second kappa shape index (κ2) is 4.66. The van der Waals surface area contributed by atoms with Crippen LogP contribution in [0.3, 0.4) is 0 Å². The van der Waals surface area contributed by atoms with Gasteiger partial charge in [0.15, 0.2) is 0 Å². The molecule has 16 heavy (non-hydrogen) atoms. The molecule has 1 aromatic carbocycles. The molecule has 3 heteroatoms. The van der Waals surface area contributed by atoms with Crippen LogP contribution in [0.2, 0.25) is 0 Å². The van der Waals surface area contributed by atoms with Crippen LogP contribution in [0.15, 0.2) is 42.6 Å². The van der Waals surface area contributed by atoms with Crippen LogP contribution in [0.5, 0.6) is 5.75 Å². The number of para-hydroxylation sites is 2. The van der Waals surface area contributed by atoms with Gasteiger partial charge < -0.3 is 15.1 Å². The van der Waals surface area contributed by atoms with Crippen LogP contribution in [-0.4, -0.2) is 15.9 Å². The van der Waals surface area contributed by atoms with Crippen molar-refractivity contribution >= 4 is 6.21 Å². The first kappa shape index (κ1) is 10.5. The smallest absolute Gasteiger partial charge is 0.139 e. The van der Waals surface area contributed by atoms with Crippen molar-refractivity contribution < 1.29 is 5.11 Å². The molecule has 3 nitrogen and oxygen atoms in total. The Hall–Kier alpha value is -2.03. The van der Waals surface area contributed by atoms with E-state index in [9.17, 15) is 5.11 Å². The van der Waals surface area contributed by atoms with E-state index in [2.05, 4.69) is 0 Å². The zero-order valence-corrected chi connectivity index (χ0v) is 8.93. The molecule has 0 radical (unpaired) electrons. The Balaban J connectivity index is 2.37. The summed E-state index contributed by atoms with van der Waals surface area (Å²) in [4.78, 5) is 0. The quantitative estimate of drug-likeness (QED) is 0.755. The van der Waals surface area contributed by atoms with Gasteiger partial charge in [-0.15, -0.1) is 0 Å². The number of aromatic hydroxyl groups is 1. The number of phenols is 1.